The molecule has 0 saturated carbocycles. The van der Waals surface area contributed by atoms with Gasteiger partial charge in [-0.2, -0.15) is 0 Å². The molecule has 2 nitrogen and oxygen atoms in total. The predicted molar refractivity (Wildman–Crippen MR) is 65.3 cm³/mol. The minimum absolute atomic E-state index is 0.0585. The van der Waals surface area contributed by atoms with Gasteiger partial charge in [-0.3, -0.25) is 0 Å². The molecule has 2 aromatic rings. The second-order valence-electron chi connectivity index (χ2n) is 4.27. The van der Waals surface area contributed by atoms with Gasteiger partial charge in [0, 0.05) is 0 Å². The first-order valence-corrected chi connectivity index (χ1v) is 5.52. The Morgan fingerprint density at radius 2 is 2.06 bits per heavy atom. The van der Waals surface area contributed by atoms with Crippen molar-refractivity contribution in [1.29, 1.82) is 0 Å². The van der Waals surface area contributed by atoms with Crippen molar-refractivity contribution in [3.63, 3.8) is 0 Å². The SMILES string of the molecule is Cc1cccc(CC(N)c2occc2C)c1. The molecule has 0 saturated heterocycles. The molecule has 0 spiro atoms. The maximum atomic E-state index is 6.13. The molecule has 16 heavy (non-hydrogen) atoms. The largest absolute Gasteiger partial charge is 0.467 e. The fourth-order valence-corrected chi connectivity index (χ4v) is 1.95. The van der Waals surface area contributed by atoms with Crippen molar-refractivity contribution in [3.05, 3.63) is 59.0 Å². The van der Waals surface area contributed by atoms with Gasteiger partial charge in [-0.1, -0.05) is 29.8 Å². The lowest BCUT2D eigenvalue weighted by molar-refractivity contribution is 0.461. The van der Waals surface area contributed by atoms with Crippen LogP contribution < -0.4 is 5.73 Å². The third kappa shape index (κ3) is 2.34. The van der Waals surface area contributed by atoms with Crippen molar-refractivity contribution in [2.24, 2.45) is 5.73 Å². The first-order valence-electron chi connectivity index (χ1n) is 5.52. The van der Waals surface area contributed by atoms with Crippen LogP contribution in [0.1, 0.15) is 28.5 Å². The van der Waals surface area contributed by atoms with Gasteiger partial charge in [-0.25, -0.2) is 0 Å². The molecule has 0 radical (unpaired) electrons. The normalized spacial score (nSPS) is 12.7. The van der Waals surface area contributed by atoms with Crippen LogP contribution in [0.15, 0.2) is 41.0 Å². The number of furan rings is 1. The molecule has 0 aliphatic rings. The molecule has 0 aliphatic heterocycles. The van der Waals surface area contributed by atoms with Crippen molar-refractivity contribution in [3.8, 4) is 0 Å². The van der Waals surface area contributed by atoms with Gasteiger partial charge in [0.05, 0.1) is 12.3 Å². The van der Waals surface area contributed by atoms with Gasteiger partial charge in [0.1, 0.15) is 5.76 Å². The first-order chi connectivity index (χ1) is 7.66. The van der Waals surface area contributed by atoms with E-state index in [1.165, 1.54) is 11.1 Å². The Kier molecular flexibility index (Phi) is 3.11. The van der Waals surface area contributed by atoms with E-state index in [0.717, 1.165) is 17.7 Å². The fourth-order valence-electron chi connectivity index (χ4n) is 1.95. The van der Waals surface area contributed by atoms with Gasteiger partial charge in [0.25, 0.3) is 0 Å². The zero-order valence-electron chi connectivity index (χ0n) is 9.73. The number of rotatable bonds is 3. The van der Waals surface area contributed by atoms with Crippen LogP contribution in [0, 0.1) is 13.8 Å². The smallest absolute Gasteiger partial charge is 0.123 e. The minimum Gasteiger partial charge on any atom is -0.467 e. The molecule has 2 rings (SSSR count). The van der Waals surface area contributed by atoms with E-state index in [2.05, 4.69) is 31.2 Å². The van der Waals surface area contributed by atoms with Crippen molar-refractivity contribution in [2.75, 3.05) is 0 Å². The van der Waals surface area contributed by atoms with E-state index in [1.807, 2.05) is 13.0 Å². The maximum Gasteiger partial charge on any atom is 0.123 e. The van der Waals surface area contributed by atoms with Gasteiger partial charge in [-0.05, 0) is 37.5 Å². The highest BCUT2D eigenvalue weighted by Gasteiger charge is 2.12. The Balaban J connectivity index is 2.14. The molecule has 2 N–H and O–H groups in total. The molecule has 0 bridgehead atoms. The van der Waals surface area contributed by atoms with E-state index in [4.69, 9.17) is 10.2 Å². The highest BCUT2D eigenvalue weighted by Crippen LogP contribution is 2.20. The van der Waals surface area contributed by atoms with Crippen molar-refractivity contribution in [1.82, 2.24) is 0 Å². The van der Waals surface area contributed by atoms with Gasteiger partial charge < -0.3 is 10.2 Å². The summed E-state index contributed by atoms with van der Waals surface area (Å²) in [6.07, 6.45) is 2.51. The molecule has 0 fully saturated rings. The number of hydrogen-bond acceptors (Lipinski definition) is 2. The highest BCUT2D eigenvalue weighted by molar-refractivity contribution is 5.25. The van der Waals surface area contributed by atoms with Crippen molar-refractivity contribution < 1.29 is 4.42 Å². The van der Waals surface area contributed by atoms with Crippen LogP contribution in [0.5, 0.6) is 0 Å². The third-order valence-electron chi connectivity index (χ3n) is 2.78. The van der Waals surface area contributed by atoms with Gasteiger partial charge in [-0.15, -0.1) is 0 Å². The van der Waals surface area contributed by atoms with Crippen LogP contribution >= 0.6 is 0 Å². The average molecular weight is 215 g/mol. The maximum absolute atomic E-state index is 6.13. The Labute approximate surface area is 96.1 Å². The summed E-state index contributed by atoms with van der Waals surface area (Å²) in [5.74, 6) is 0.890. The third-order valence-corrected chi connectivity index (χ3v) is 2.78. The van der Waals surface area contributed by atoms with Crippen LogP contribution in [-0.4, -0.2) is 0 Å². The van der Waals surface area contributed by atoms with Crippen LogP contribution in [0.3, 0.4) is 0 Å². The zero-order valence-corrected chi connectivity index (χ0v) is 9.73. The standard InChI is InChI=1S/C14H17NO/c1-10-4-3-5-12(8-10)9-13(15)14-11(2)6-7-16-14/h3-8,13H,9,15H2,1-2H3. The van der Waals surface area contributed by atoms with E-state index in [9.17, 15) is 0 Å². The van der Waals surface area contributed by atoms with E-state index < -0.39 is 0 Å². The molecule has 1 atom stereocenters. The minimum atomic E-state index is -0.0585. The fraction of sp³-hybridized carbons (Fsp3) is 0.286. The first kappa shape index (κ1) is 11.0. The van der Waals surface area contributed by atoms with Crippen LogP contribution in [0.2, 0.25) is 0 Å². The van der Waals surface area contributed by atoms with Gasteiger partial charge in [0.2, 0.25) is 0 Å². The van der Waals surface area contributed by atoms with E-state index in [-0.39, 0.29) is 6.04 Å². The molecule has 0 aliphatic carbocycles. The van der Waals surface area contributed by atoms with E-state index >= 15 is 0 Å². The Hall–Kier alpha value is -1.54. The van der Waals surface area contributed by atoms with Crippen LogP contribution in [-0.2, 0) is 6.42 Å². The van der Waals surface area contributed by atoms with Crippen molar-refractivity contribution in [2.45, 2.75) is 26.3 Å². The summed E-state index contributed by atoms with van der Waals surface area (Å²) in [5, 5.41) is 0. The summed E-state index contributed by atoms with van der Waals surface area (Å²) < 4.78 is 5.40. The summed E-state index contributed by atoms with van der Waals surface area (Å²) in [6.45, 7) is 4.11. The zero-order chi connectivity index (χ0) is 11.5. The monoisotopic (exact) mass is 215 g/mol. The molecular weight excluding hydrogens is 198 g/mol. The Morgan fingerprint density at radius 1 is 1.25 bits per heavy atom. The molecule has 1 aromatic heterocycles. The molecule has 84 valence electrons. The molecule has 2 heteroatoms. The second kappa shape index (κ2) is 4.54. The summed E-state index contributed by atoms with van der Waals surface area (Å²) in [6, 6.07) is 10.3. The Morgan fingerprint density at radius 3 is 2.69 bits per heavy atom. The Bertz CT molecular complexity index is 473. The molecule has 1 unspecified atom stereocenters. The number of hydrogen-bond donors (Lipinski definition) is 1. The second-order valence-corrected chi connectivity index (χ2v) is 4.27. The lowest BCUT2D eigenvalue weighted by atomic mass is 10.0. The van der Waals surface area contributed by atoms with Gasteiger partial charge >= 0.3 is 0 Å². The number of nitrogens with two attached hydrogens (primary N) is 1. The summed E-state index contributed by atoms with van der Waals surface area (Å²) in [5.41, 5.74) is 9.77. The average Bonchev–Trinajstić information content (AvgIpc) is 2.64. The predicted octanol–water partition coefficient (Wildman–Crippen LogP) is 3.14. The summed E-state index contributed by atoms with van der Waals surface area (Å²) in [4.78, 5) is 0. The molecule has 0 amide bonds. The van der Waals surface area contributed by atoms with E-state index in [0.29, 0.717) is 0 Å². The molecule has 1 heterocycles. The highest BCUT2D eigenvalue weighted by atomic mass is 16.3. The lowest BCUT2D eigenvalue weighted by Crippen LogP contribution is -2.13. The number of aryl methyl sites for hydroxylation is 2. The number of benzene rings is 1. The summed E-state index contributed by atoms with van der Waals surface area (Å²) >= 11 is 0. The van der Waals surface area contributed by atoms with Gasteiger partial charge in [0.15, 0.2) is 0 Å². The van der Waals surface area contributed by atoms with Crippen LogP contribution in [0.25, 0.3) is 0 Å². The molecule has 1 aromatic carbocycles. The van der Waals surface area contributed by atoms with E-state index in [1.54, 1.807) is 6.26 Å². The summed E-state index contributed by atoms with van der Waals surface area (Å²) in [7, 11) is 0. The van der Waals surface area contributed by atoms with Crippen LogP contribution in [0.4, 0.5) is 0 Å². The molecular formula is C14H17NO. The quantitative estimate of drug-likeness (QED) is 0.854. The topological polar surface area (TPSA) is 39.2 Å². The lowest BCUT2D eigenvalue weighted by Gasteiger charge is -2.10. The van der Waals surface area contributed by atoms with Crippen molar-refractivity contribution >= 4 is 0 Å².